The number of para-hydroxylation sites is 2. The molecular formula is C52H34N4. The lowest BCUT2D eigenvalue weighted by Gasteiger charge is -2.33. The second kappa shape index (κ2) is 12.9. The van der Waals surface area contributed by atoms with Crippen LogP contribution in [-0.4, -0.2) is 19.5 Å². The zero-order valence-electron chi connectivity index (χ0n) is 30.4. The highest BCUT2D eigenvalue weighted by Crippen LogP contribution is 2.58. The van der Waals surface area contributed by atoms with E-state index in [0.29, 0.717) is 17.5 Å². The van der Waals surface area contributed by atoms with E-state index in [1.165, 1.54) is 44.2 Å². The minimum atomic E-state index is -0.521. The van der Waals surface area contributed by atoms with Crippen molar-refractivity contribution in [1.82, 2.24) is 19.5 Å². The Morgan fingerprint density at radius 1 is 0.357 bits per heavy atom. The summed E-state index contributed by atoms with van der Waals surface area (Å²) in [5.74, 6) is 1.89. The Balaban J connectivity index is 1.25. The predicted octanol–water partition coefficient (Wildman–Crippen LogP) is 12.3. The third kappa shape index (κ3) is 4.76. The fourth-order valence-corrected chi connectivity index (χ4v) is 9.02. The van der Waals surface area contributed by atoms with Crippen LogP contribution in [0.15, 0.2) is 206 Å². The Kier molecular flexibility index (Phi) is 7.36. The molecule has 2 aromatic heterocycles. The molecule has 4 nitrogen and oxygen atoms in total. The van der Waals surface area contributed by atoms with Crippen LogP contribution in [-0.2, 0) is 5.41 Å². The van der Waals surface area contributed by atoms with Crippen LogP contribution in [0.25, 0.3) is 72.8 Å². The van der Waals surface area contributed by atoms with Crippen molar-refractivity contribution < 1.29 is 0 Å². The molecule has 1 aliphatic carbocycles. The number of benzene rings is 8. The van der Waals surface area contributed by atoms with Crippen molar-refractivity contribution in [2.45, 2.75) is 5.41 Å². The third-order valence-electron chi connectivity index (χ3n) is 11.3. The number of nitrogens with zero attached hydrogens (tertiary/aromatic N) is 4. The maximum absolute atomic E-state index is 5.21. The average molecular weight is 715 g/mol. The Hall–Kier alpha value is -7.43. The summed E-state index contributed by atoms with van der Waals surface area (Å²) in [7, 11) is 0. The summed E-state index contributed by atoms with van der Waals surface area (Å²) in [5.41, 5.74) is 13.1. The molecule has 0 bridgehead atoms. The fraction of sp³-hybridized carbons (Fsp3) is 0.0192. The van der Waals surface area contributed by atoms with Gasteiger partial charge in [0.15, 0.2) is 17.5 Å². The lowest BCUT2D eigenvalue weighted by atomic mass is 9.67. The summed E-state index contributed by atoms with van der Waals surface area (Å²) in [6.45, 7) is 0. The molecule has 0 atom stereocenters. The van der Waals surface area contributed by atoms with Gasteiger partial charge in [-0.15, -0.1) is 0 Å². The number of hydrogen-bond donors (Lipinski definition) is 0. The molecule has 10 aromatic rings. The zero-order chi connectivity index (χ0) is 37.1. The Labute approximate surface area is 325 Å². The monoisotopic (exact) mass is 714 g/mol. The van der Waals surface area contributed by atoms with Crippen molar-refractivity contribution in [3.63, 3.8) is 0 Å². The molecule has 1 aliphatic rings. The van der Waals surface area contributed by atoms with E-state index >= 15 is 0 Å². The lowest BCUT2D eigenvalue weighted by molar-refractivity contribution is 0.769. The van der Waals surface area contributed by atoms with Crippen LogP contribution in [0, 0.1) is 0 Å². The van der Waals surface area contributed by atoms with Gasteiger partial charge in [0.1, 0.15) is 0 Å². The van der Waals surface area contributed by atoms with Gasteiger partial charge >= 0.3 is 0 Å². The van der Waals surface area contributed by atoms with Gasteiger partial charge in [-0.05, 0) is 46.0 Å². The van der Waals surface area contributed by atoms with Crippen LogP contribution in [0.4, 0.5) is 0 Å². The van der Waals surface area contributed by atoms with Crippen LogP contribution < -0.4 is 0 Å². The normalized spacial score (nSPS) is 12.8. The molecule has 4 heteroatoms. The van der Waals surface area contributed by atoms with Crippen LogP contribution in [0.5, 0.6) is 0 Å². The van der Waals surface area contributed by atoms with E-state index in [1.807, 2.05) is 36.4 Å². The highest BCUT2D eigenvalue weighted by Gasteiger charge is 2.47. The summed E-state index contributed by atoms with van der Waals surface area (Å²) >= 11 is 0. The van der Waals surface area contributed by atoms with Gasteiger partial charge in [0.05, 0.1) is 22.1 Å². The molecule has 8 aromatic carbocycles. The molecule has 56 heavy (non-hydrogen) atoms. The summed E-state index contributed by atoms with van der Waals surface area (Å²) in [6, 6.07) is 73.3. The molecule has 0 saturated carbocycles. The Bertz CT molecular complexity index is 2960. The van der Waals surface area contributed by atoms with Crippen molar-refractivity contribution in [2.75, 3.05) is 0 Å². The Morgan fingerprint density at radius 3 is 1.50 bits per heavy atom. The zero-order valence-corrected chi connectivity index (χ0v) is 30.4. The molecular weight excluding hydrogens is 681 g/mol. The van der Waals surface area contributed by atoms with Gasteiger partial charge in [-0.25, -0.2) is 15.0 Å². The van der Waals surface area contributed by atoms with E-state index in [9.17, 15) is 0 Å². The van der Waals surface area contributed by atoms with Gasteiger partial charge in [0.25, 0.3) is 0 Å². The molecule has 0 radical (unpaired) electrons. The maximum Gasteiger partial charge on any atom is 0.166 e. The van der Waals surface area contributed by atoms with E-state index in [0.717, 1.165) is 33.4 Å². The number of hydrogen-bond acceptors (Lipinski definition) is 3. The summed E-state index contributed by atoms with van der Waals surface area (Å²) in [6.07, 6.45) is 0. The first-order chi connectivity index (χ1) is 27.8. The van der Waals surface area contributed by atoms with E-state index in [2.05, 4.69) is 174 Å². The van der Waals surface area contributed by atoms with Crippen molar-refractivity contribution in [3.05, 3.63) is 229 Å². The topological polar surface area (TPSA) is 43.6 Å². The Morgan fingerprint density at radius 2 is 0.857 bits per heavy atom. The quantitative estimate of drug-likeness (QED) is 0.172. The fourth-order valence-electron chi connectivity index (χ4n) is 9.02. The largest absolute Gasteiger partial charge is 0.308 e. The van der Waals surface area contributed by atoms with Gasteiger partial charge in [0.2, 0.25) is 0 Å². The van der Waals surface area contributed by atoms with Crippen molar-refractivity contribution in [2.24, 2.45) is 0 Å². The first-order valence-electron chi connectivity index (χ1n) is 19.0. The van der Waals surface area contributed by atoms with Crippen LogP contribution in [0.3, 0.4) is 0 Å². The lowest BCUT2D eigenvalue weighted by Crippen LogP contribution is -2.28. The molecule has 0 amide bonds. The highest BCUT2D eigenvalue weighted by atomic mass is 15.1. The summed E-state index contributed by atoms with van der Waals surface area (Å²) in [4.78, 5) is 15.4. The van der Waals surface area contributed by atoms with Gasteiger partial charge in [-0.2, -0.15) is 0 Å². The van der Waals surface area contributed by atoms with Crippen LogP contribution >= 0.6 is 0 Å². The van der Waals surface area contributed by atoms with Crippen molar-refractivity contribution >= 4 is 21.8 Å². The first-order valence-corrected chi connectivity index (χ1v) is 19.0. The number of fused-ring (bicyclic) bond motifs is 7. The molecule has 11 rings (SSSR count). The smallest absolute Gasteiger partial charge is 0.166 e. The molecule has 2 heterocycles. The van der Waals surface area contributed by atoms with Gasteiger partial charge in [0, 0.05) is 33.0 Å². The van der Waals surface area contributed by atoms with E-state index in [4.69, 9.17) is 15.0 Å². The van der Waals surface area contributed by atoms with E-state index in [-0.39, 0.29) is 0 Å². The van der Waals surface area contributed by atoms with E-state index in [1.54, 1.807) is 0 Å². The first kappa shape index (κ1) is 32.0. The molecule has 0 saturated heterocycles. The molecule has 262 valence electrons. The third-order valence-corrected chi connectivity index (χ3v) is 11.3. The summed E-state index contributed by atoms with van der Waals surface area (Å²) in [5, 5.41) is 2.39. The molecule has 0 spiro atoms. The molecule has 0 unspecified atom stereocenters. The van der Waals surface area contributed by atoms with Crippen molar-refractivity contribution in [1.29, 1.82) is 0 Å². The van der Waals surface area contributed by atoms with Gasteiger partial charge in [-0.3, -0.25) is 0 Å². The SMILES string of the molecule is c1ccc(-c2nc(-c3ccccc3)nc(-c3ccccc3-n3c4ccccc4c4ccc5c(c43)-c3ccccc3C5(c3ccccc3)c3ccccc3)n2)cc1. The van der Waals surface area contributed by atoms with Crippen molar-refractivity contribution in [3.8, 4) is 51.0 Å². The summed E-state index contributed by atoms with van der Waals surface area (Å²) < 4.78 is 2.45. The molecule has 0 aliphatic heterocycles. The van der Waals surface area contributed by atoms with E-state index < -0.39 is 5.41 Å². The predicted molar refractivity (Wildman–Crippen MR) is 228 cm³/mol. The number of rotatable bonds is 6. The second-order valence-corrected chi connectivity index (χ2v) is 14.3. The maximum atomic E-state index is 5.21. The van der Waals surface area contributed by atoms with Gasteiger partial charge < -0.3 is 4.57 Å². The highest BCUT2D eigenvalue weighted by molar-refractivity contribution is 6.16. The standard InChI is InChI=1S/C52H34N4/c1-5-19-35(20-6-1)49-53-50(36-21-7-2-8-22-36)55-51(54-49)42-29-15-18-32-46(42)56-45-31-17-14-27-39(45)40-33-34-44-47(48(40)56)41-28-13-16-30-43(41)52(44,37-23-9-3-10-24-37)38-25-11-4-12-26-38/h1-34H. The van der Waals surface area contributed by atoms with Crippen LogP contribution in [0.2, 0.25) is 0 Å². The minimum Gasteiger partial charge on any atom is -0.308 e. The second-order valence-electron chi connectivity index (χ2n) is 14.3. The van der Waals surface area contributed by atoms with Crippen LogP contribution in [0.1, 0.15) is 22.3 Å². The number of aromatic nitrogens is 4. The molecule has 0 fully saturated rings. The average Bonchev–Trinajstić information content (AvgIpc) is 3.78. The minimum absolute atomic E-state index is 0.521. The molecule has 0 N–H and O–H groups in total. The van der Waals surface area contributed by atoms with Gasteiger partial charge in [-0.1, -0.05) is 188 Å².